The van der Waals surface area contributed by atoms with Crippen LogP contribution >= 0.6 is 0 Å². The third kappa shape index (κ3) is 3.21. The normalized spacial score (nSPS) is 13.4. The van der Waals surface area contributed by atoms with E-state index in [1.807, 2.05) is 0 Å². The number of ether oxygens (including phenoxy) is 1. The fourth-order valence-corrected chi connectivity index (χ4v) is 1.01. The van der Waals surface area contributed by atoms with Crippen LogP contribution in [0.25, 0.3) is 0 Å². The van der Waals surface area contributed by atoms with Crippen molar-refractivity contribution >= 4 is 0 Å². The molecule has 0 heterocycles. The highest BCUT2D eigenvalue weighted by molar-refractivity contribution is 5.30. The van der Waals surface area contributed by atoms with E-state index >= 15 is 0 Å². The van der Waals surface area contributed by atoms with Crippen LogP contribution in [0.5, 0.6) is 11.5 Å². The van der Waals surface area contributed by atoms with Crippen LogP contribution in [-0.2, 0) is 0 Å². The number of hydrogen-bond donors (Lipinski definition) is 1. The van der Waals surface area contributed by atoms with Crippen LogP contribution in [0.1, 0.15) is 0 Å². The smallest absolute Gasteiger partial charge is 0.460 e. The molecule has 0 aliphatic rings. The van der Waals surface area contributed by atoms with Crippen molar-refractivity contribution in [2.45, 2.75) is 18.0 Å². The van der Waals surface area contributed by atoms with Crippen LogP contribution in [-0.4, -0.2) is 29.7 Å². The Hall–Kier alpha value is -1.67. The summed E-state index contributed by atoms with van der Waals surface area (Å²) in [5, 5.41) is 8.85. The maximum Gasteiger partial charge on any atom is 0.460 e. The minimum atomic E-state index is -6.38. The number of halogens is 7. The maximum atomic E-state index is 12.8. The number of phenols is 1. The number of rotatable bonds is 4. The van der Waals surface area contributed by atoms with Crippen molar-refractivity contribution < 1.29 is 40.6 Å². The van der Waals surface area contributed by atoms with Gasteiger partial charge in [-0.15, -0.1) is 0 Å². The van der Waals surface area contributed by atoms with Gasteiger partial charge in [-0.25, -0.2) is 0 Å². The van der Waals surface area contributed by atoms with Gasteiger partial charge in [0.2, 0.25) is 0 Å². The predicted octanol–water partition coefficient (Wildman–Crippen LogP) is 3.60. The Bertz CT molecular complexity index is 424. The molecule has 0 aliphatic carbocycles. The molecule has 1 N–H and O–H groups in total. The quantitative estimate of drug-likeness (QED) is 0.859. The average molecular weight is 292 g/mol. The zero-order valence-corrected chi connectivity index (χ0v) is 9.02. The van der Waals surface area contributed by atoms with E-state index in [2.05, 4.69) is 4.74 Å². The Morgan fingerprint density at radius 2 is 1.37 bits per heavy atom. The molecule has 0 radical (unpaired) electrons. The molecule has 1 aromatic carbocycles. The number of alkyl halides is 7. The fourth-order valence-electron chi connectivity index (χ4n) is 1.01. The second-order valence-electron chi connectivity index (χ2n) is 3.56. The molecule has 0 bridgehead atoms. The lowest BCUT2D eigenvalue weighted by molar-refractivity contribution is -0.358. The van der Waals surface area contributed by atoms with E-state index in [-0.39, 0.29) is 11.5 Å². The van der Waals surface area contributed by atoms with Gasteiger partial charge in [0.1, 0.15) is 11.5 Å². The Balaban J connectivity index is 2.78. The molecule has 0 saturated heterocycles. The van der Waals surface area contributed by atoms with E-state index in [4.69, 9.17) is 5.11 Å². The topological polar surface area (TPSA) is 29.5 Å². The van der Waals surface area contributed by atoms with Crippen molar-refractivity contribution in [3.8, 4) is 11.5 Å². The zero-order valence-electron chi connectivity index (χ0n) is 9.02. The number of benzene rings is 1. The summed E-state index contributed by atoms with van der Waals surface area (Å²) >= 11 is 0. The monoisotopic (exact) mass is 292 g/mol. The molecule has 19 heavy (non-hydrogen) atoms. The Labute approximate surface area is 102 Å². The minimum Gasteiger partial charge on any atom is -0.508 e. The molecule has 0 fully saturated rings. The molecule has 1 aromatic rings. The van der Waals surface area contributed by atoms with Gasteiger partial charge in [-0.05, 0) is 24.3 Å². The highest BCUT2D eigenvalue weighted by Gasteiger charge is 2.73. The summed E-state index contributed by atoms with van der Waals surface area (Å²) in [5.74, 6) is -12.2. The summed E-state index contributed by atoms with van der Waals surface area (Å²) in [6.07, 6.45) is -6.38. The molecule has 0 atom stereocenters. The SMILES string of the molecule is Oc1ccc(OCC(F)(F)C(F)(F)C(F)(F)F)cc1. The van der Waals surface area contributed by atoms with E-state index in [0.29, 0.717) is 0 Å². The van der Waals surface area contributed by atoms with Crippen LogP contribution in [0.4, 0.5) is 30.7 Å². The van der Waals surface area contributed by atoms with E-state index in [1.54, 1.807) is 0 Å². The first-order valence-corrected chi connectivity index (χ1v) is 4.71. The van der Waals surface area contributed by atoms with E-state index < -0.39 is 24.6 Å². The van der Waals surface area contributed by atoms with Gasteiger partial charge >= 0.3 is 18.0 Å². The average Bonchev–Trinajstić information content (AvgIpc) is 2.26. The highest BCUT2D eigenvalue weighted by Crippen LogP contribution is 2.46. The maximum absolute atomic E-state index is 12.8. The van der Waals surface area contributed by atoms with E-state index in [0.717, 1.165) is 24.3 Å². The van der Waals surface area contributed by atoms with Crippen molar-refractivity contribution in [1.82, 2.24) is 0 Å². The molecule has 1 rings (SSSR count). The second-order valence-corrected chi connectivity index (χ2v) is 3.56. The second kappa shape index (κ2) is 4.78. The standard InChI is InChI=1S/C10H7F7O2/c11-8(12,9(13,14)10(15,16)17)5-19-7-3-1-6(18)2-4-7/h1-4,18H,5H2. The first-order valence-electron chi connectivity index (χ1n) is 4.71. The van der Waals surface area contributed by atoms with Gasteiger partial charge in [-0.2, -0.15) is 30.7 Å². The summed E-state index contributed by atoms with van der Waals surface area (Å²) in [7, 11) is 0. The minimum absolute atomic E-state index is 0.250. The first-order chi connectivity index (χ1) is 8.47. The number of phenolic OH excluding ortho intramolecular Hbond substituents is 1. The van der Waals surface area contributed by atoms with Crippen LogP contribution in [0.3, 0.4) is 0 Å². The van der Waals surface area contributed by atoms with Crippen LogP contribution in [0.2, 0.25) is 0 Å². The molecule has 108 valence electrons. The van der Waals surface area contributed by atoms with Gasteiger partial charge in [0.15, 0.2) is 6.61 Å². The highest BCUT2D eigenvalue weighted by atomic mass is 19.4. The van der Waals surface area contributed by atoms with Gasteiger partial charge < -0.3 is 9.84 Å². The van der Waals surface area contributed by atoms with Crippen molar-refractivity contribution in [3.05, 3.63) is 24.3 Å². The van der Waals surface area contributed by atoms with E-state index in [1.165, 1.54) is 0 Å². The summed E-state index contributed by atoms with van der Waals surface area (Å²) in [4.78, 5) is 0. The molecular weight excluding hydrogens is 285 g/mol. The Morgan fingerprint density at radius 3 is 1.79 bits per heavy atom. The molecule has 9 heteroatoms. The van der Waals surface area contributed by atoms with Crippen LogP contribution < -0.4 is 4.74 Å². The van der Waals surface area contributed by atoms with Crippen LogP contribution in [0.15, 0.2) is 24.3 Å². The molecule has 0 spiro atoms. The molecule has 0 amide bonds. The third-order valence-corrected chi connectivity index (χ3v) is 2.07. The van der Waals surface area contributed by atoms with Crippen molar-refractivity contribution in [1.29, 1.82) is 0 Å². The summed E-state index contributed by atoms with van der Waals surface area (Å²) in [6, 6.07) is 3.87. The summed E-state index contributed by atoms with van der Waals surface area (Å²) < 4.78 is 90.1. The number of aromatic hydroxyl groups is 1. The third-order valence-electron chi connectivity index (χ3n) is 2.07. The van der Waals surface area contributed by atoms with Crippen LogP contribution in [0, 0.1) is 0 Å². The zero-order chi connectivity index (χ0) is 14.9. The Morgan fingerprint density at radius 1 is 0.895 bits per heavy atom. The lowest BCUT2D eigenvalue weighted by atomic mass is 10.2. The van der Waals surface area contributed by atoms with Gasteiger partial charge in [-0.1, -0.05) is 0 Å². The van der Waals surface area contributed by atoms with Gasteiger partial charge in [-0.3, -0.25) is 0 Å². The molecular formula is C10H7F7O2. The summed E-state index contributed by atoms with van der Waals surface area (Å²) in [5.41, 5.74) is 0. The molecule has 0 unspecified atom stereocenters. The van der Waals surface area contributed by atoms with E-state index in [9.17, 15) is 30.7 Å². The fraction of sp³-hybridized carbons (Fsp3) is 0.400. The van der Waals surface area contributed by atoms with Gasteiger partial charge in [0, 0.05) is 0 Å². The van der Waals surface area contributed by atoms with Crippen molar-refractivity contribution in [2.75, 3.05) is 6.61 Å². The van der Waals surface area contributed by atoms with Gasteiger partial charge in [0.05, 0.1) is 0 Å². The van der Waals surface area contributed by atoms with Gasteiger partial charge in [0.25, 0.3) is 0 Å². The molecule has 0 saturated carbocycles. The first kappa shape index (κ1) is 15.4. The lowest BCUT2D eigenvalue weighted by Gasteiger charge is -2.27. The van der Waals surface area contributed by atoms with Crippen molar-refractivity contribution in [3.63, 3.8) is 0 Å². The summed E-state index contributed by atoms with van der Waals surface area (Å²) in [6.45, 7) is -2.15. The lowest BCUT2D eigenvalue weighted by Crippen LogP contribution is -2.54. The Kier molecular flexibility index (Phi) is 3.87. The molecule has 2 nitrogen and oxygen atoms in total. The number of hydrogen-bond acceptors (Lipinski definition) is 2. The molecule has 0 aromatic heterocycles. The largest absolute Gasteiger partial charge is 0.508 e. The van der Waals surface area contributed by atoms with Crippen molar-refractivity contribution in [2.24, 2.45) is 0 Å². The predicted molar refractivity (Wildman–Crippen MR) is 49.6 cm³/mol. The molecule has 0 aliphatic heterocycles.